The van der Waals surface area contributed by atoms with Gasteiger partial charge in [0, 0.05) is 0 Å². The van der Waals surface area contributed by atoms with Crippen molar-refractivity contribution < 1.29 is 24.5 Å². The van der Waals surface area contributed by atoms with E-state index in [1.165, 1.54) is 0 Å². The van der Waals surface area contributed by atoms with Crippen LogP contribution >= 0.6 is 0 Å². The summed E-state index contributed by atoms with van der Waals surface area (Å²) in [5.74, 6) is -1.81. The van der Waals surface area contributed by atoms with E-state index < -0.39 is 30.5 Å². The van der Waals surface area contributed by atoms with E-state index in [9.17, 15) is 14.8 Å². The van der Waals surface area contributed by atoms with Gasteiger partial charge in [-0.3, -0.25) is 0 Å². The zero-order valence-corrected chi connectivity index (χ0v) is 8.04. The van der Waals surface area contributed by atoms with Gasteiger partial charge in [-0.25, -0.2) is 4.79 Å². The zero-order chi connectivity index (χ0) is 11.4. The van der Waals surface area contributed by atoms with Crippen molar-refractivity contribution in [1.29, 1.82) is 0 Å². The van der Waals surface area contributed by atoms with Crippen molar-refractivity contribution in [2.75, 3.05) is 13.2 Å². The molecule has 0 radical (unpaired) electrons. The Hall–Kier alpha value is -1.63. The maximum absolute atomic E-state index is 11.0. The predicted molar refractivity (Wildman–Crippen MR) is 47.8 cm³/mol. The average Bonchev–Trinajstić information content (AvgIpc) is 2.49. The number of ether oxygens (including phenoxy) is 2. The average molecular weight is 217 g/mol. The molecule has 7 heteroatoms. The minimum Gasteiger partial charge on any atom is -0.499 e. The number of hydrogen-bond acceptors (Lipinski definition) is 7. The molecule has 1 aliphatic rings. The van der Waals surface area contributed by atoms with Crippen LogP contribution in [0.5, 0.6) is 0 Å². The monoisotopic (exact) mass is 217 g/mol. The van der Waals surface area contributed by atoms with Gasteiger partial charge < -0.3 is 19.7 Å². The molecule has 2 atom stereocenters. The first-order chi connectivity index (χ1) is 7.15. The summed E-state index contributed by atoms with van der Waals surface area (Å²) in [5, 5.41) is 20.6. The number of nitroso groups, excluding NO2 is 1. The lowest BCUT2D eigenvalue weighted by Crippen LogP contribution is -2.30. The number of carbonyl (C=O) groups excluding carboxylic acids is 1. The lowest BCUT2D eigenvalue weighted by atomic mass is 10.1. The van der Waals surface area contributed by atoms with Crippen molar-refractivity contribution in [3.05, 3.63) is 16.4 Å². The van der Waals surface area contributed by atoms with Crippen molar-refractivity contribution in [2.24, 2.45) is 5.18 Å². The molecule has 7 nitrogen and oxygen atoms in total. The second-order valence-electron chi connectivity index (χ2n) is 2.83. The van der Waals surface area contributed by atoms with Crippen molar-refractivity contribution in [3.63, 3.8) is 0 Å². The van der Waals surface area contributed by atoms with Gasteiger partial charge in [0.25, 0.3) is 0 Å². The molecule has 0 aliphatic carbocycles. The Balaban J connectivity index is 2.91. The summed E-state index contributed by atoms with van der Waals surface area (Å²) in [6, 6.07) is -1.17. The Kier molecular flexibility index (Phi) is 3.62. The molecule has 1 aliphatic heterocycles. The van der Waals surface area contributed by atoms with Crippen molar-refractivity contribution in [3.8, 4) is 0 Å². The topological polar surface area (TPSA) is 105 Å². The molecule has 0 saturated heterocycles. The van der Waals surface area contributed by atoms with Crippen molar-refractivity contribution >= 4 is 5.97 Å². The molecule has 1 heterocycles. The van der Waals surface area contributed by atoms with Crippen molar-refractivity contribution in [1.82, 2.24) is 0 Å². The molecule has 0 fully saturated rings. The number of cyclic esters (lactones) is 1. The van der Waals surface area contributed by atoms with Gasteiger partial charge >= 0.3 is 5.97 Å². The van der Waals surface area contributed by atoms with Gasteiger partial charge in [-0.1, -0.05) is 5.18 Å². The maximum atomic E-state index is 11.0. The number of hydrogen-bond donors (Lipinski definition) is 2. The summed E-state index contributed by atoms with van der Waals surface area (Å²) in [7, 11) is 0. The first kappa shape index (κ1) is 11.4. The molecule has 0 saturated carbocycles. The third kappa shape index (κ3) is 2.07. The van der Waals surface area contributed by atoms with E-state index in [0.29, 0.717) is 0 Å². The molecule has 0 aromatic heterocycles. The largest absolute Gasteiger partial charge is 0.499 e. The van der Waals surface area contributed by atoms with E-state index in [-0.39, 0.29) is 12.4 Å². The highest BCUT2D eigenvalue weighted by atomic mass is 16.6. The Morgan fingerprint density at radius 3 is 2.80 bits per heavy atom. The Bertz CT molecular complexity index is 300. The van der Waals surface area contributed by atoms with Gasteiger partial charge in [0.05, 0.1) is 13.2 Å². The van der Waals surface area contributed by atoms with Crippen LogP contribution in [0.25, 0.3) is 0 Å². The van der Waals surface area contributed by atoms with E-state index in [1.807, 2.05) is 0 Å². The Morgan fingerprint density at radius 2 is 2.33 bits per heavy atom. The van der Waals surface area contributed by atoms with Gasteiger partial charge in [0.15, 0.2) is 17.9 Å². The third-order valence-corrected chi connectivity index (χ3v) is 1.89. The van der Waals surface area contributed by atoms with Crippen LogP contribution in [0.1, 0.15) is 6.92 Å². The molecule has 0 aromatic rings. The van der Waals surface area contributed by atoms with E-state index >= 15 is 0 Å². The van der Waals surface area contributed by atoms with Crippen LogP contribution in [0.2, 0.25) is 0 Å². The lowest BCUT2D eigenvalue weighted by molar-refractivity contribution is -0.143. The lowest BCUT2D eigenvalue weighted by Gasteiger charge is -2.16. The maximum Gasteiger partial charge on any atom is 0.377 e. The van der Waals surface area contributed by atoms with Crippen LogP contribution in [0.15, 0.2) is 16.7 Å². The molecular weight excluding hydrogens is 206 g/mol. The number of nitrogens with zero attached hydrogens (tertiary/aromatic N) is 1. The minimum atomic E-state index is -1.17. The summed E-state index contributed by atoms with van der Waals surface area (Å²) in [6.45, 7) is 1.25. The van der Waals surface area contributed by atoms with E-state index in [2.05, 4.69) is 9.91 Å². The standard InChI is InChI=1S/C8H11NO6/c1-2-14-7-5(11)8(12)15-6(7)4(3-10)9-13/h4,6,10-11H,2-3H2,1H3. The van der Waals surface area contributed by atoms with Gasteiger partial charge in [0.1, 0.15) is 0 Å². The van der Waals surface area contributed by atoms with Crippen LogP contribution in [0, 0.1) is 4.91 Å². The van der Waals surface area contributed by atoms with Crippen LogP contribution in [-0.2, 0) is 14.3 Å². The summed E-state index contributed by atoms with van der Waals surface area (Å²) in [4.78, 5) is 21.3. The molecule has 0 spiro atoms. The number of rotatable bonds is 5. The number of esters is 1. The highest BCUT2D eigenvalue weighted by molar-refractivity contribution is 5.89. The van der Waals surface area contributed by atoms with Crippen molar-refractivity contribution in [2.45, 2.75) is 19.1 Å². The quantitative estimate of drug-likeness (QED) is 0.489. The normalized spacial score (nSPS) is 22.5. The zero-order valence-electron chi connectivity index (χ0n) is 8.04. The molecule has 0 amide bonds. The van der Waals surface area contributed by atoms with Gasteiger partial charge in [-0.2, -0.15) is 4.91 Å². The second-order valence-corrected chi connectivity index (χ2v) is 2.83. The number of carbonyl (C=O) groups is 1. The Labute approximate surface area is 85.3 Å². The number of aliphatic hydroxyl groups excluding tert-OH is 2. The summed E-state index contributed by atoms with van der Waals surface area (Å²) < 4.78 is 9.60. The van der Waals surface area contributed by atoms with Crippen LogP contribution in [0.4, 0.5) is 0 Å². The van der Waals surface area contributed by atoms with Crippen LogP contribution < -0.4 is 0 Å². The summed E-state index contributed by atoms with van der Waals surface area (Å²) in [6.07, 6.45) is -1.14. The first-order valence-corrected chi connectivity index (χ1v) is 4.35. The predicted octanol–water partition coefficient (Wildman–Crippen LogP) is -0.155. The van der Waals surface area contributed by atoms with Gasteiger partial charge in [0.2, 0.25) is 5.76 Å². The SMILES string of the molecule is CCOC1=C(O)C(=O)OC1C(CO)N=O. The van der Waals surface area contributed by atoms with E-state index in [0.717, 1.165) is 0 Å². The highest BCUT2D eigenvalue weighted by Gasteiger charge is 2.41. The molecule has 84 valence electrons. The van der Waals surface area contributed by atoms with Crippen LogP contribution in [0.3, 0.4) is 0 Å². The molecule has 0 bridgehead atoms. The fourth-order valence-electron chi connectivity index (χ4n) is 1.20. The molecule has 2 unspecified atom stereocenters. The molecule has 0 aromatic carbocycles. The molecule has 2 N–H and O–H groups in total. The minimum absolute atomic E-state index is 0.152. The first-order valence-electron chi connectivity index (χ1n) is 4.35. The van der Waals surface area contributed by atoms with E-state index in [1.54, 1.807) is 6.92 Å². The number of aliphatic hydroxyl groups is 2. The third-order valence-electron chi connectivity index (χ3n) is 1.89. The molecule has 15 heavy (non-hydrogen) atoms. The fourth-order valence-corrected chi connectivity index (χ4v) is 1.20. The van der Waals surface area contributed by atoms with Crippen LogP contribution in [-0.4, -0.2) is 41.5 Å². The smallest absolute Gasteiger partial charge is 0.377 e. The van der Waals surface area contributed by atoms with Gasteiger partial charge in [-0.15, -0.1) is 0 Å². The Morgan fingerprint density at radius 1 is 1.67 bits per heavy atom. The van der Waals surface area contributed by atoms with Gasteiger partial charge in [-0.05, 0) is 6.92 Å². The fraction of sp³-hybridized carbons (Fsp3) is 0.625. The van der Waals surface area contributed by atoms with E-state index in [4.69, 9.17) is 9.84 Å². The second kappa shape index (κ2) is 4.74. The summed E-state index contributed by atoms with van der Waals surface area (Å²) in [5.41, 5.74) is 0. The molecule has 1 rings (SSSR count). The summed E-state index contributed by atoms with van der Waals surface area (Å²) >= 11 is 0. The molecular formula is C8H11NO6. The highest BCUT2D eigenvalue weighted by Crippen LogP contribution is 2.25.